The van der Waals surface area contributed by atoms with Crippen LogP contribution in [0.4, 0.5) is 0 Å². The Labute approximate surface area is 116 Å². The number of nitrogens with zero attached hydrogens (tertiary/aromatic N) is 1. The lowest BCUT2D eigenvalue weighted by molar-refractivity contribution is -0.143. The molecule has 1 saturated heterocycles. The first-order valence-electron chi connectivity index (χ1n) is 6.04. The van der Waals surface area contributed by atoms with Crippen molar-refractivity contribution in [2.24, 2.45) is 0 Å². The third-order valence-corrected chi connectivity index (χ3v) is 3.08. The molecule has 0 aliphatic carbocycles. The summed E-state index contributed by atoms with van der Waals surface area (Å²) in [7, 11) is 0. The maximum atomic E-state index is 12.1. The third kappa shape index (κ3) is 3.61. The van der Waals surface area contributed by atoms with Crippen molar-refractivity contribution in [1.29, 1.82) is 0 Å². The van der Waals surface area contributed by atoms with Crippen LogP contribution in [0, 0.1) is 0 Å². The van der Waals surface area contributed by atoms with Crippen LogP contribution in [0.15, 0.2) is 24.3 Å². The molecule has 6 heteroatoms. The summed E-state index contributed by atoms with van der Waals surface area (Å²) in [6.07, 6.45) is -0.632. The van der Waals surface area contributed by atoms with E-state index in [2.05, 4.69) is 5.32 Å². The Bertz CT molecular complexity index is 475. The van der Waals surface area contributed by atoms with E-state index >= 15 is 0 Å². The SMILES string of the molecule is C[C@@H](Oc1ccc(Cl)cc1)C(=O)N1CCNC(=O)C1. The Hall–Kier alpha value is -1.75. The first-order chi connectivity index (χ1) is 9.06. The van der Waals surface area contributed by atoms with Gasteiger partial charge < -0.3 is 15.0 Å². The predicted octanol–water partition coefficient (Wildman–Crippen LogP) is 1.07. The smallest absolute Gasteiger partial charge is 0.263 e. The Balaban J connectivity index is 1.95. The summed E-state index contributed by atoms with van der Waals surface area (Å²) in [4.78, 5) is 24.8. The van der Waals surface area contributed by atoms with Gasteiger partial charge in [-0.25, -0.2) is 0 Å². The highest BCUT2D eigenvalue weighted by molar-refractivity contribution is 6.30. The minimum absolute atomic E-state index is 0.0904. The summed E-state index contributed by atoms with van der Waals surface area (Å²) >= 11 is 5.77. The van der Waals surface area contributed by atoms with E-state index in [-0.39, 0.29) is 18.4 Å². The zero-order valence-corrected chi connectivity index (χ0v) is 11.3. The molecule has 1 N–H and O–H groups in total. The minimum Gasteiger partial charge on any atom is -0.481 e. The minimum atomic E-state index is -0.632. The third-order valence-electron chi connectivity index (χ3n) is 2.82. The first-order valence-corrected chi connectivity index (χ1v) is 6.42. The summed E-state index contributed by atoms with van der Waals surface area (Å²) in [5.74, 6) is 0.245. The van der Waals surface area contributed by atoms with E-state index < -0.39 is 6.10 Å². The fraction of sp³-hybridized carbons (Fsp3) is 0.385. The molecular weight excluding hydrogens is 268 g/mol. The van der Waals surface area contributed by atoms with Crippen LogP contribution in [-0.2, 0) is 9.59 Å². The van der Waals surface area contributed by atoms with Crippen molar-refractivity contribution in [3.63, 3.8) is 0 Å². The van der Waals surface area contributed by atoms with Gasteiger partial charge in [-0.2, -0.15) is 0 Å². The highest BCUT2D eigenvalue weighted by Crippen LogP contribution is 2.17. The molecule has 1 aliphatic rings. The standard InChI is InChI=1S/C13H15ClN2O3/c1-9(19-11-4-2-10(14)3-5-11)13(18)16-7-6-15-12(17)8-16/h2-5,9H,6-8H2,1H3,(H,15,17)/t9-/m1/s1. The molecule has 1 aromatic rings. The van der Waals surface area contributed by atoms with Gasteiger partial charge in [0.2, 0.25) is 5.91 Å². The highest BCUT2D eigenvalue weighted by atomic mass is 35.5. The van der Waals surface area contributed by atoms with E-state index in [4.69, 9.17) is 16.3 Å². The summed E-state index contributed by atoms with van der Waals surface area (Å²) in [6, 6.07) is 6.80. The van der Waals surface area contributed by atoms with Crippen molar-refractivity contribution in [2.75, 3.05) is 19.6 Å². The van der Waals surface area contributed by atoms with Crippen molar-refractivity contribution in [2.45, 2.75) is 13.0 Å². The van der Waals surface area contributed by atoms with Crippen molar-refractivity contribution in [1.82, 2.24) is 10.2 Å². The molecule has 1 heterocycles. The fourth-order valence-electron chi connectivity index (χ4n) is 1.85. The number of hydrogen-bond donors (Lipinski definition) is 1. The number of hydrogen-bond acceptors (Lipinski definition) is 3. The molecule has 1 aromatic carbocycles. The van der Waals surface area contributed by atoms with Crippen molar-refractivity contribution >= 4 is 23.4 Å². The molecule has 0 radical (unpaired) electrons. The molecule has 0 spiro atoms. The topological polar surface area (TPSA) is 58.6 Å². The normalized spacial score (nSPS) is 16.7. The van der Waals surface area contributed by atoms with Crippen molar-refractivity contribution < 1.29 is 14.3 Å². The number of amides is 2. The molecule has 19 heavy (non-hydrogen) atoms. The van der Waals surface area contributed by atoms with Gasteiger partial charge >= 0.3 is 0 Å². The zero-order valence-electron chi connectivity index (χ0n) is 10.6. The highest BCUT2D eigenvalue weighted by Gasteiger charge is 2.26. The maximum Gasteiger partial charge on any atom is 0.263 e. The number of benzene rings is 1. The molecular formula is C13H15ClN2O3. The molecule has 1 atom stereocenters. The van der Waals surface area contributed by atoms with Crippen molar-refractivity contribution in [3.05, 3.63) is 29.3 Å². The van der Waals surface area contributed by atoms with Gasteiger partial charge in [-0.3, -0.25) is 9.59 Å². The molecule has 0 saturated carbocycles. The van der Waals surface area contributed by atoms with Gasteiger partial charge in [0.1, 0.15) is 5.75 Å². The number of carbonyl (C=O) groups is 2. The van der Waals surface area contributed by atoms with E-state index in [1.54, 1.807) is 31.2 Å². The molecule has 0 unspecified atom stereocenters. The molecule has 2 amide bonds. The molecule has 2 rings (SSSR count). The van der Waals surface area contributed by atoms with Crippen LogP contribution in [0.2, 0.25) is 5.02 Å². The van der Waals surface area contributed by atoms with Crippen LogP contribution in [-0.4, -0.2) is 42.5 Å². The van der Waals surface area contributed by atoms with Crippen molar-refractivity contribution in [3.8, 4) is 5.75 Å². The van der Waals surface area contributed by atoms with Gasteiger partial charge in [0.05, 0.1) is 6.54 Å². The maximum absolute atomic E-state index is 12.1. The predicted molar refractivity (Wildman–Crippen MR) is 71.1 cm³/mol. The summed E-state index contributed by atoms with van der Waals surface area (Å²) < 4.78 is 5.54. The van der Waals surface area contributed by atoms with E-state index in [0.717, 1.165) is 0 Å². The van der Waals surface area contributed by atoms with Crippen LogP contribution in [0.5, 0.6) is 5.75 Å². The average molecular weight is 283 g/mol. The molecule has 0 aromatic heterocycles. The van der Waals surface area contributed by atoms with E-state index in [1.807, 2.05) is 0 Å². The van der Waals surface area contributed by atoms with E-state index in [0.29, 0.717) is 23.9 Å². The van der Waals surface area contributed by atoms with Crippen LogP contribution >= 0.6 is 11.6 Å². The fourth-order valence-corrected chi connectivity index (χ4v) is 1.98. The molecule has 1 fully saturated rings. The number of ether oxygens (including phenoxy) is 1. The van der Waals surface area contributed by atoms with Gasteiger partial charge in [0.25, 0.3) is 5.91 Å². The lowest BCUT2D eigenvalue weighted by Gasteiger charge is -2.29. The van der Waals surface area contributed by atoms with E-state index in [9.17, 15) is 9.59 Å². The van der Waals surface area contributed by atoms with Gasteiger partial charge in [0, 0.05) is 18.1 Å². The van der Waals surface area contributed by atoms with Crippen LogP contribution in [0.1, 0.15) is 6.92 Å². The Kier molecular flexibility index (Phi) is 4.27. The van der Waals surface area contributed by atoms with Crippen LogP contribution in [0.25, 0.3) is 0 Å². The van der Waals surface area contributed by atoms with Gasteiger partial charge in [0.15, 0.2) is 6.10 Å². The number of piperazine rings is 1. The van der Waals surface area contributed by atoms with Gasteiger partial charge in [-0.1, -0.05) is 11.6 Å². The first kappa shape index (κ1) is 13.7. The average Bonchev–Trinajstić information content (AvgIpc) is 2.40. The Morgan fingerprint density at radius 1 is 1.42 bits per heavy atom. The molecule has 5 nitrogen and oxygen atoms in total. The number of halogens is 1. The Morgan fingerprint density at radius 3 is 2.74 bits per heavy atom. The number of nitrogens with one attached hydrogen (secondary N) is 1. The second kappa shape index (κ2) is 5.93. The monoisotopic (exact) mass is 282 g/mol. The van der Waals surface area contributed by atoms with Crippen LogP contribution in [0.3, 0.4) is 0 Å². The lowest BCUT2D eigenvalue weighted by atomic mass is 10.2. The molecule has 0 bridgehead atoms. The summed E-state index contributed by atoms with van der Waals surface area (Å²) in [5, 5.41) is 3.28. The van der Waals surface area contributed by atoms with Gasteiger partial charge in [-0.15, -0.1) is 0 Å². The summed E-state index contributed by atoms with van der Waals surface area (Å²) in [6.45, 7) is 2.76. The second-order valence-electron chi connectivity index (χ2n) is 4.32. The van der Waals surface area contributed by atoms with E-state index in [1.165, 1.54) is 4.90 Å². The van der Waals surface area contributed by atoms with Gasteiger partial charge in [-0.05, 0) is 31.2 Å². The zero-order chi connectivity index (χ0) is 13.8. The molecule has 1 aliphatic heterocycles. The second-order valence-corrected chi connectivity index (χ2v) is 4.76. The number of rotatable bonds is 3. The quantitative estimate of drug-likeness (QED) is 0.902. The Morgan fingerprint density at radius 2 is 2.11 bits per heavy atom. The summed E-state index contributed by atoms with van der Waals surface area (Å²) in [5.41, 5.74) is 0. The largest absolute Gasteiger partial charge is 0.481 e. The molecule has 102 valence electrons. The van der Waals surface area contributed by atoms with Crippen LogP contribution < -0.4 is 10.1 Å². The number of carbonyl (C=O) groups excluding carboxylic acids is 2. The lowest BCUT2D eigenvalue weighted by Crippen LogP contribution is -2.53.